The zero-order valence-electron chi connectivity index (χ0n) is 16.7. The van der Waals surface area contributed by atoms with Gasteiger partial charge < -0.3 is 19.5 Å². The minimum absolute atomic E-state index is 0.0308. The fraction of sp³-hybridized carbons (Fsp3) is 0.240. The third kappa shape index (κ3) is 6.09. The van der Waals surface area contributed by atoms with Gasteiger partial charge in [0.25, 0.3) is 0 Å². The predicted octanol–water partition coefficient (Wildman–Crippen LogP) is 4.50. The SMILES string of the molecule is O=C(N[C@@H](Cc1ccc(OCc2ccccc2)cc1)[C@H]1CO1)OCc1ccccc1. The van der Waals surface area contributed by atoms with Crippen LogP contribution in [0.5, 0.6) is 5.75 Å². The summed E-state index contributed by atoms with van der Waals surface area (Å²) in [6.07, 6.45) is 0.273. The van der Waals surface area contributed by atoms with Crippen LogP contribution in [0.3, 0.4) is 0 Å². The predicted molar refractivity (Wildman–Crippen MR) is 114 cm³/mol. The number of benzene rings is 3. The summed E-state index contributed by atoms with van der Waals surface area (Å²) in [5.74, 6) is 0.817. The normalized spacial score (nSPS) is 15.8. The van der Waals surface area contributed by atoms with Crippen LogP contribution in [0.15, 0.2) is 84.9 Å². The van der Waals surface area contributed by atoms with Crippen molar-refractivity contribution in [3.05, 3.63) is 102 Å². The van der Waals surface area contributed by atoms with Crippen molar-refractivity contribution in [3.63, 3.8) is 0 Å². The monoisotopic (exact) mass is 403 g/mol. The van der Waals surface area contributed by atoms with Crippen molar-refractivity contribution in [3.8, 4) is 5.75 Å². The number of carbonyl (C=O) groups is 1. The van der Waals surface area contributed by atoms with Crippen LogP contribution in [0, 0.1) is 0 Å². The first-order chi connectivity index (χ1) is 14.8. The molecule has 3 aromatic rings. The molecule has 4 rings (SSSR count). The second kappa shape index (κ2) is 9.94. The molecule has 0 saturated carbocycles. The average molecular weight is 403 g/mol. The summed E-state index contributed by atoms with van der Waals surface area (Å²) in [4.78, 5) is 12.2. The maximum atomic E-state index is 12.2. The Kier molecular flexibility index (Phi) is 6.62. The van der Waals surface area contributed by atoms with Crippen molar-refractivity contribution in [1.82, 2.24) is 5.32 Å². The lowest BCUT2D eigenvalue weighted by molar-refractivity contribution is 0.133. The molecule has 1 fully saturated rings. The molecule has 1 saturated heterocycles. The molecule has 0 bridgehead atoms. The molecule has 0 aliphatic carbocycles. The standard InChI is InChI=1S/C25H25NO4/c27-25(30-17-21-9-5-2-6-10-21)26-23(24-18-29-24)15-19-11-13-22(14-12-19)28-16-20-7-3-1-4-8-20/h1-14,23-24H,15-18H2,(H,26,27)/t23-,24+/m0/s1. The number of alkyl carbamates (subject to hydrolysis) is 1. The number of amides is 1. The van der Waals surface area contributed by atoms with E-state index in [2.05, 4.69) is 5.32 Å². The second-order valence-electron chi connectivity index (χ2n) is 7.31. The minimum Gasteiger partial charge on any atom is -0.489 e. The van der Waals surface area contributed by atoms with Crippen LogP contribution in [0.25, 0.3) is 0 Å². The highest BCUT2D eigenvalue weighted by molar-refractivity contribution is 5.67. The zero-order chi connectivity index (χ0) is 20.6. The molecular formula is C25H25NO4. The molecule has 0 spiro atoms. The lowest BCUT2D eigenvalue weighted by atomic mass is 10.0. The molecule has 1 N–H and O–H groups in total. The van der Waals surface area contributed by atoms with Crippen molar-refractivity contribution in [2.24, 2.45) is 0 Å². The summed E-state index contributed by atoms with van der Waals surface area (Å²) in [6.45, 7) is 1.44. The molecule has 30 heavy (non-hydrogen) atoms. The van der Waals surface area contributed by atoms with Gasteiger partial charge in [-0.2, -0.15) is 0 Å². The molecule has 1 aliphatic heterocycles. The Morgan fingerprint density at radius 2 is 1.47 bits per heavy atom. The molecule has 0 unspecified atom stereocenters. The summed E-state index contributed by atoms with van der Waals surface area (Å²) in [7, 11) is 0. The van der Waals surface area contributed by atoms with E-state index in [1.807, 2.05) is 84.9 Å². The van der Waals surface area contributed by atoms with Crippen molar-refractivity contribution in [1.29, 1.82) is 0 Å². The van der Waals surface area contributed by atoms with Gasteiger partial charge in [-0.3, -0.25) is 0 Å². The highest BCUT2D eigenvalue weighted by atomic mass is 16.6. The van der Waals surface area contributed by atoms with E-state index < -0.39 is 6.09 Å². The quantitative estimate of drug-likeness (QED) is 0.535. The Morgan fingerprint density at radius 3 is 2.07 bits per heavy atom. The Balaban J connectivity index is 1.27. The zero-order valence-corrected chi connectivity index (χ0v) is 16.7. The molecule has 0 aromatic heterocycles. The number of nitrogens with one attached hydrogen (secondary N) is 1. The molecule has 3 aromatic carbocycles. The smallest absolute Gasteiger partial charge is 0.407 e. The van der Waals surface area contributed by atoms with Crippen molar-refractivity contribution in [2.75, 3.05) is 6.61 Å². The van der Waals surface area contributed by atoms with Gasteiger partial charge in [-0.05, 0) is 35.2 Å². The Bertz CT molecular complexity index is 924. The fourth-order valence-corrected chi connectivity index (χ4v) is 3.20. The van der Waals surface area contributed by atoms with Crippen LogP contribution in [0.4, 0.5) is 4.79 Å². The van der Waals surface area contributed by atoms with Crippen molar-refractivity contribution < 1.29 is 19.0 Å². The van der Waals surface area contributed by atoms with Gasteiger partial charge in [0, 0.05) is 0 Å². The molecular weight excluding hydrogens is 378 g/mol. The maximum Gasteiger partial charge on any atom is 0.407 e. The van der Waals surface area contributed by atoms with Crippen LogP contribution in [-0.4, -0.2) is 24.8 Å². The lowest BCUT2D eigenvalue weighted by Crippen LogP contribution is -2.40. The number of rotatable bonds is 9. The van der Waals surface area contributed by atoms with Gasteiger partial charge in [0.2, 0.25) is 0 Å². The molecule has 5 heteroatoms. The lowest BCUT2D eigenvalue weighted by Gasteiger charge is -2.17. The van der Waals surface area contributed by atoms with E-state index in [0.29, 0.717) is 19.6 Å². The van der Waals surface area contributed by atoms with Crippen LogP contribution in [0.1, 0.15) is 16.7 Å². The average Bonchev–Trinajstić information content (AvgIpc) is 3.64. The van der Waals surface area contributed by atoms with E-state index >= 15 is 0 Å². The Morgan fingerprint density at radius 1 is 0.867 bits per heavy atom. The first kappa shape index (κ1) is 20.0. The number of hydrogen-bond acceptors (Lipinski definition) is 4. The molecule has 1 aliphatic rings. The van der Waals surface area contributed by atoms with E-state index in [1.54, 1.807) is 0 Å². The van der Waals surface area contributed by atoms with Crippen molar-refractivity contribution in [2.45, 2.75) is 31.8 Å². The topological polar surface area (TPSA) is 60.1 Å². The van der Waals surface area contributed by atoms with E-state index in [9.17, 15) is 4.79 Å². The maximum absolute atomic E-state index is 12.2. The van der Waals surface area contributed by atoms with Gasteiger partial charge in [-0.1, -0.05) is 72.8 Å². The van der Waals surface area contributed by atoms with Crippen LogP contribution in [0.2, 0.25) is 0 Å². The summed E-state index contributed by atoms with van der Waals surface area (Å²) >= 11 is 0. The van der Waals surface area contributed by atoms with E-state index in [4.69, 9.17) is 14.2 Å². The largest absolute Gasteiger partial charge is 0.489 e. The summed E-state index contributed by atoms with van der Waals surface area (Å²) < 4.78 is 16.6. The van der Waals surface area contributed by atoms with Gasteiger partial charge in [0.1, 0.15) is 25.1 Å². The molecule has 0 radical (unpaired) electrons. The summed E-state index contributed by atoms with van der Waals surface area (Å²) in [5.41, 5.74) is 3.19. The fourth-order valence-electron chi connectivity index (χ4n) is 3.20. The van der Waals surface area contributed by atoms with E-state index in [-0.39, 0.29) is 18.8 Å². The van der Waals surface area contributed by atoms with Gasteiger partial charge in [0.15, 0.2) is 0 Å². The molecule has 2 atom stereocenters. The second-order valence-corrected chi connectivity index (χ2v) is 7.31. The van der Waals surface area contributed by atoms with Gasteiger partial charge in [-0.15, -0.1) is 0 Å². The summed E-state index contributed by atoms with van der Waals surface area (Å²) in [5, 5.41) is 2.94. The van der Waals surface area contributed by atoms with E-state index in [0.717, 1.165) is 22.4 Å². The van der Waals surface area contributed by atoms with Crippen LogP contribution >= 0.6 is 0 Å². The molecule has 1 heterocycles. The van der Waals surface area contributed by atoms with Crippen LogP contribution < -0.4 is 10.1 Å². The highest BCUT2D eigenvalue weighted by Gasteiger charge is 2.34. The third-order valence-corrected chi connectivity index (χ3v) is 4.95. The van der Waals surface area contributed by atoms with Crippen LogP contribution in [-0.2, 0) is 29.1 Å². The van der Waals surface area contributed by atoms with E-state index in [1.165, 1.54) is 0 Å². The molecule has 1 amide bonds. The molecule has 5 nitrogen and oxygen atoms in total. The van der Waals surface area contributed by atoms with Gasteiger partial charge >= 0.3 is 6.09 Å². The highest BCUT2D eigenvalue weighted by Crippen LogP contribution is 2.20. The third-order valence-electron chi connectivity index (χ3n) is 4.95. The first-order valence-electron chi connectivity index (χ1n) is 10.1. The minimum atomic E-state index is -0.429. The van der Waals surface area contributed by atoms with Gasteiger partial charge in [-0.25, -0.2) is 4.79 Å². The molecule has 154 valence electrons. The number of ether oxygens (including phenoxy) is 3. The number of carbonyl (C=O) groups excluding carboxylic acids is 1. The number of hydrogen-bond donors (Lipinski definition) is 1. The summed E-state index contributed by atoms with van der Waals surface area (Å²) in [6, 6.07) is 27.5. The number of epoxide rings is 1. The Labute approximate surface area is 176 Å². The van der Waals surface area contributed by atoms with Gasteiger partial charge in [0.05, 0.1) is 12.6 Å². The first-order valence-corrected chi connectivity index (χ1v) is 10.1. The van der Waals surface area contributed by atoms with Crippen molar-refractivity contribution >= 4 is 6.09 Å². The Hall–Kier alpha value is -3.31.